The second-order valence-electron chi connectivity index (χ2n) is 9.33. The number of hydrogen-bond donors (Lipinski definition) is 1. The Balaban J connectivity index is 1.22. The molecule has 1 N–H and O–H groups in total. The maximum atomic E-state index is 12.2. The van der Waals surface area contributed by atoms with Gasteiger partial charge in [0.2, 0.25) is 0 Å². The summed E-state index contributed by atoms with van der Waals surface area (Å²) in [5.41, 5.74) is 4.90. The van der Waals surface area contributed by atoms with E-state index in [0.717, 1.165) is 43.6 Å². The van der Waals surface area contributed by atoms with Crippen LogP contribution in [-0.2, 0) is 6.54 Å². The Morgan fingerprint density at radius 2 is 2.06 bits per heavy atom. The number of ether oxygens (including phenoxy) is 1. The van der Waals surface area contributed by atoms with Crippen molar-refractivity contribution in [2.45, 2.75) is 52.7 Å². The Labute approximate surface area is 188 Å². The zero-order valence-electron chi connectivity index (χ0n) is 19.0. The first-order valence-corrected chi connectivity index (χ1v) is 11.6. The van der Waals surface area contributed by atoms with Crippen LogP contribution in [0.1, 0.15) is 48.8 Å². The summed E-state index contributed by atoms with van der Waals surface area (Å²) in [6, 6.07) is 12.4. The molecule has 2 aromatic heterocycles. The molecule has 1 saturated carbocycles. The fourth-order valence-electron chi connectivity index (χ4n) is 5.17. The maximum Gasteiger partial charge on any atom is 0.346 e. The lowest BCUT2D eigenvalue weighted by Crippen LogP contribution is -2.36. The Kier molecular flexibility index (Phi) is 5.60. The highest BCUT2D eigenvalue weighted by Crippen LogP contribution is 2.40. The van der Waals surface area contributed by atoms with Crippen LogP contribution < -0.4 is 15.7 Å². The van der Waals surface area contributed by atoms with Gasteiger partial charge in [-0.1, -0.05) is 25.1 Å². The zero-order chi connectivity index (χ0) is 22.2. The van der Waals surface area contributed by atoms with E-state index in [2.05, 4.69) is 48.4 Å². The van der Waals surface area contributed by atoms with Gasteiger partial charge in [0, 0.05) is 23.7 Å². The van der Waals surface area contributed by atoms with Gasteiger partial charge in [0.15, 0.2) is 0 Å². The second kappa shape index (κ2) is 8.55. The Morgan fingerprint density at radius 1 is 1.22 bits per heavy atom. The minimum Gasteiger partial charge on any atom is -0.485 e. The molecule has 166 valence electrons. The standard InChI is InChI=1S/C27H30N2O3/c1-16(14-28-15-21-10-17(2)29-24-7-5-4-6-22(21)24)19-8-9-20-12-23-26(32-25(20)13-19)11-18(3)31-27(23)30/h4-7,10-12,16,19,25,28H,8-9,13-15H2,1-3H3/t16?,19-,25-/m0/s1. The largest absolute Gasteiger partial charge is 0.485 e. The SMILES string of the molecule is Cc1cc(CNCC(C)[C@H]2CCC3=Cc4c(cc(C)oc4=O)O[C@H]3C2)c2ccccc2n1. The summed E-state index contributed by atoms with van der Waals surface area (Å²) >= 11 is 0. The van der Waals surface area contributed by atoms with Gasteiger partial charge in [-0.3, -0.25) is 4.98 Å². The highest BCUT2D eigenvalue weighted by Gasteiger charge is 2.33. The summed E-state index contributed by atoms with van der Waals surface area (Å²) < 4.78 is 11.5. The van der Waals surface area contributed by atoms with Gasteiger partial charge >= 0.3 is 5.63 Å². The maximum absolute atomic E-state index is 12.2. The van der Waals surface area contributed by atoms with Gasteiger partial charge in [0.25, 0.3) is 0 Å². The van der Waals surface area contributed by atoms with Crippen LogP contribution in [-0.4, -0.2) is 17.6 Å². The van der Waals surface area contributed by atoms with Crippen LogP contribution in [0.15, 0.2) is 51.2 Å². The molecule has 32 heavy (non-hydrogen) atoms. The summed E-state index contributed by atoms with van der Waals surface area (Å²) in [6.07, 6.45) is 5.16. The van der Waals surface area contributed by atoms with Crippen LogP contribution in [0.25, 0.3) is 17.0 Å². The van der Waals surface area contributed by atoms with Crippen molar-refractivity contribution in [1.82, 2.24) is 10.3 Å². The molecular weight excluding hydrogens is 400 g/mol. The number of nitrogens with zero attached hydrogens (tertiary/aromatic N) is 1. The third kappa shape index (κ3) is 4.09. The summed E-state index contributed by atoms with van der Waals surface area (Å²) in [7, 11) is 0. The van der Waals surface area contributed by atoms with Crippen LogP contribution in [0.3, 0.4) is 0 Å². The highest BCUT2D eigenvalue weighted by atomic mass is 16.5. The molecule has 5 nitrogen and oxygen atoms in total. The van der Waals surface area contributed by atoms with E-state index in [1.807, 2.05) is 18.2 Å². The molecule has 0 amide bonds. The van der Waals surface area contributed by atoms with Crippen LogP contribution in [0.4, 0.5) is 0 Å². The number of fused-ring (bicyclic) bond motifs is 3. The van der Waals surface area contributed by atoms with E-state index in [1.54, 1.807) is 6.92 Å². The number of nitrogens with one attached hydrogen (secondary N) is 1. The van der Waals surface area contributed by atoms with Gasteiger partial charge in [0.05, 0.1) is 5.52 Å². The molecule has 5 heteroatoms. The Bertz CT molecular complexity index is 1240. The Morgan fingerprint density at radius 3 is 2.94 bits per heavy atom. The summed E-state index contributed by atoms with van der Waals surface area (Å²) in [6.45, 7) is 7.98. The van der Waals surface area contributed by atoms with Crippen LogP contribution >= 0.6 is 0 Å². The molecule has 0 radical (unpaired) electrons. The number of pyridine rings is 1. The number of para-hydroxylation sites is 1. The normalized spacial score (nSPS) is 20.8. The van der Waals surface area contributed by atoms with Crippen molar-refractivity contribution in [2.75, 3.05) is 6.54 Å². The van der Waals surface area contributed by atoms with E-state index in [-0.39, 0.29) is 11.7 Å². The number of benzene rings is 1. The molecular formula is C27H30N2O3. The number of aromatic nitrogens is 1. The van der Waals surface area contributed by atoms with Crippen LogP contribution in [0.5, 0.6) is 5.75 Å². The molecule has 5 rings (SSSR count). The molecule has 3 heterocycles. The lowest BCUT2D eigenvalue weighted by atomic mass is 9.76. The smallest absolute Gasteiger partial charge is 0.346 e. The van der Waals surface area contributed by atoms with Crippen LogP contribution in [0.2, 0.25) is 0 Å². The van der Waals surface area contributed by atoms with E-state index in [0.29, 0.717) is 28.9 Å². The summed E-state index contributed by atoms with van der Waals surface area (Å²) in [4.78, 5) is 16.8. The number of aryl methyl sites for hydroxylation is 2. The van der Waals surface area contributed by atoms with Crippen molar-refractivity contribution < 1.29 is 9.15 Å². The molecule has 0 spiro atoms. The lowest BCUT2D eigenvalue weighted by molar-refractivity contribution is 0.140. The molecule has 0 bridgehead atoms. The van der Waals surface area contributed by atoms with Gasteiger partial charge in [-0.15, -0.1) is 0 Å². The molecule has 2 aliphatic rings. The molecule has 1 fully saturated rings. The molecule has 0 saturated heterocycles. The zero-order valence-corrected chi connectivity index (χ0v) is 19.0. The first kappa shape index (κ1) is 21.0. The Hall–Kier alpha value is -2.92. The van der Waals surface area contributed by atoms with E-state index in [9.17, 15) is 4.79 Å². The first-order valence-electron chi connectivity index (χ1n) is 11.6. The predicted molar refractivity (Wildman–Crippen MR) is 127 cm³/mol. The summed E-state index contributed by atoms with van der Waals surface area (Å²) in [5.74, 6) is 2.38. The average molecular weight is 431 g/mol. The topological polar surface area (TPSA) is 64.4 Å². The molecule has 3 aromatic rings. The monoisotopic (exact) mass is 430 g/mol. The van der Waals surface area contributed by atoms with Crippen molar-refractivity contribution in [3.05, 3.63) is 75.0 Å². The van der Waals surface area contributed by atoms with Crippen LogP contribution in [0, 0.1) is 25.7 Å². The van der Waals surface area contributed by atoms with Gasteiger partial charge < -0.3 is 14.5 Å². The van der Waals surface area contributed by atoms with Gasteiger partial charge in [-0.05, 0) is 80.8 Å². The fourth-order valence-corrected chi connectivity index (χ4v) is 5.17. The minimum atomic E-state index is -0.301. The molecule has 1 aliphatic carbocycles. The minimum absolute atomic E-state index is 0.0664. The number of rotatable bonds is 5. The third-order valence-electron chi connectivity index (χ3n) is 6.92. The van der Waals surface area contributed by atoms with Gasteiger partial charge in [-0.2, -0.15) is 0 Å². The van der Waals surface area contributed by atoms with Gasteiger partial charge in [0.1, 0.15) is 23.2 Å². The van der Waals surface area contributed by atoms with Crippen molar-refractivity contribution in [1.29, 1.82) is 0 Å². The van der Waals surface area contributed by atoms with E-state index in [4.69, 9.17) is 9.15 Å². The van der Waals surface area contributed by atoms with Crippen molar-refractivity contribution >= 4 is 17.0 Å². The molecule has 1 aliphatic heterocycles. The molecule has 1 unspecified atom stereocenters. The average Bonchev–Trinajstić information content (AvgIpc) is 2.77. The number of hydrogen-bond acceptors (Lipinski definition) is 5. The van der Waals surface area contributed by atoms with E-state index >= 15 is 0 Å². The predicted octanol–water partition coefficient (Wildman–Crippen LogP) is 5.18. The fraction of sp³-hybridized carbons (Fsp3) is 0.407. The first-order chi connectivity index (χ1) is 15.5. The van der Waals surface area contributed by atoms with Crippen molar-refractivity contribution in [3.63, 3.8) is 0 Å². The lowest BCUT2D eigenvalue weighted by Gasteiger charge is -2.37. The van der Waals surface area contributed by atoms with E-state index in [1.165, 1.54) is 16.5 Å². The second-order valence-corrected chi connectivity index (χ2v) is 9.33. The molecule has 3 atom stereocenters. The third-order valence-corrected chi connectivity index (χ3v) is 6.92. The van der Waals surface area contributed by atoms with Gasteiger partial charge in [-0.25, -0.2) is 4.79 Å². The quantitative estimate of drug-likeness (QED) is 0.605. The molecule has 1 aromatic carbocycles. The van der Waals surface area contributed by atoms with E-state index < -0.39 is 0 Å². The summed E-state index contributed by atoms with van der Waals surface area (Å²) in [5, 5.41) is 4.91. The van der Waals surface area contributed by atoms with Crippen molar-refractivity contribution in [3.8, 4) is 5.75 Å². The highest BCUT2D eigenvalue weighted by molar-refractivity contribution is 5.82. The van der Waals surface area contributed by atoms with Crippen molar-refractivity contribution in [2.24, 2.45) is 11.8 Å².